The molecule has 3 heterocycles. The van der Waals surface area contributed by atoms with E-state index in [0.717, 1.165) is 5.56 Å². The summed E-state index contributed by atoms with van der Waals surface area (Å²) in [5.74, 6) is -1.69. The third-order valence-corrected chi connectivity index (χ3v) is 8.71. The number of nitrogens with zero attached hydrogens (tertiary/aromatic N) is 4. The van der Waals surface area contributed by atoms with Gasteiger partial charge in [-0.3, -0.25) is 24.0 Å². The van der Waals surface area contributed by atoms with Crippen molar-refractivity contribution in [2.45, 2.75) is 56.3 Å². The minimum atomic E-state index is -1.09. The highest BCUT2D eigenvalue weighted by Gasteiger charge is 2.51. The highest BCUT2D eigenvalue weighted by atomic mass is 16.5. The van der Waals surface area contributed by atoms with Crippen LogP contribution in [0.5, 0.6) is 11.5 Å². The van der Waals surface area contributed by atoms with Crippen molar-refractivity contribution >= 4 is 29.5 Å². The number of hydrogen-bond donors (Lipinski definition) is 5. The molecule has 7 rings (SSSR count). The van der Waals surface area contributed by atoms with Gasteiger partial charge in [0.1, 0.15) is 48.1 Å². The Balaban J connectivity index is 1.16. The number of aromatic nitrogens is 4. The van der Waals surface area contributed by atoms with E-state index in [1.54, 1.807) is 48.5 Å². The largest absolute Gasteiger partial charge is 0.492 e. The molecule has 5 N–H and O–H groups in total. The summed E-state index contributed by atoms with van der Waals surface area (Å²) in [7, 11) is 0. The van der Waals surface area contributed by atoms with E-state index in [-0.39, 0.29) is 38.5 Å². The van der Waals surface area contributed by atoms with Crippen LogP contribution in [-0.2, 0) is 36.8 Å². The van der Waals surface area contributed by atoms with Gasteiger partial charge in [0, 0.05) is 12.8 Å². The molecule has 270 valence electrons. The Morgan fingerprint density at radius 3 is 2.38 bits per heavy atom. The Labute approximate surface area is 299 Å². The molecule has 1 spiro atoms. The fourth-order valence-corrected chi connectivity index (χ4v) is 5.62. The van der Waals surface area contributed by atoms with Crippen LogP contribution >= 0.6 is 0 Å². The Bertz CT molecular complexity index is 1870. The molecular formula is C36H39N9O7. The van der Waals surface area contributed by atoms with Crippen LogP contribution in [0.4, 0.5) is 0 Å². The van der Waals surface area contributed by atoms with E-state index >= 15 is 0 Å². The van der Waals surface area contributed by atoms with Gasteiger partial charge >= 0.3 is 0 Å². The first-order valence-electron chi connectivity index (χ1n) is 16.9. The third kappa shape index (κ3) is 9.26. The molecule has 3 atom stereocenters. The fraction of sp³-hybridized carbons (Fsp3) is 0.333. The van der Waals surface area contributed by atoms with Crippen molar-refractivity contribution in [3.8, 4) is 17.2 Å². The Morgan fingerprint density at radius 2 is 1.69 bits per heavy atom. The second-order valence-electron chi connectivity index (χ2n) is 12.7. The van der Waals surface area contributed by atoms with Gasteiger partial charge < -0.3 is 36.1 Å². The smallest absolute Gasteiger partial charge is 0.258 e. The summed E-state index contributed by atoms with van der Waals surface area (Å²) in [6.45, 7) is 1.49. The lowest BCUT2D eigenvalue weighted by molar-refractivity contribution is -0.134. The lowest BCUT2D eigenvalue weighted by Gasteiger charge is -2.25. The number of fused-ring (bicyclic) bond motifs is 15. The summed E-state index contributed by atoms with van der Waals surface area (Å²) in [6, 6.07) is 19.7. The monoisotopic (exact) mass is 709 g/mol. The van der Waals surface area contributed by atoms with Crippen LogP contribution in [0.15, 0.2) is 85.2 Å². The van der Waals surface area contributed by atoms with E-state index in [1.165, 1.54) is 17.9 Å². The van der Waals surface area contributed by atoms with Crippen molar-refractivity contribution in [3.63, 3.8) is 0 Å². The minimum Gasteiger partial charge on any atom is -0.492 e. The number of tetrazole rings is 1. The zero-order valence-corrected chi connectivity index (χ0v) is 28.4. The van der Waals surface area contributed by atoms with Crippen LogP contribution in [0.25, 0.3) is 5.69 Å². The van der Waals surface area contributed by atoms with Crippen molar-refractivity contribution in [1.29, 1.82) is 0 Å². The summed E-state index contributed by atoms with van der Waals surface area (Å²) >= 11 is 0. The second kappa shape index (κ2) is 16.1. The number of benzene rings is 3. The van der Waals surface area contributed by atoms with Crippen molar-refractivity contribution in [1.82, 2.24) is 46.8 Å². The molecule has 4 aromatic rings. The third-order valence-electron chi connectivity index (χ3n) is 8.71. The molecule has 1 fully saturated rings. The highest BCUT2D eigenvalue weighted by Crippen LogP contribution is 2.35. The number of carbonyl (C=O) groups is 5. The van der Waals surface area contributed by atoms with Gasteiger partial charge in [-0.25, -0.2) is 4.68 Å². The number of amides is 5. The molecule has 3 aliphatic rings. The zero-order valence-electron chi connectivity index (χ0n) is 28.4. The van der Waals surface area contributed by atoms with Gasteiger partial charge in [-0.2, -0.15) is 0 Å². The molecular weight excluding hydrogens is 670 g/mol. The predicted octanol–water partition coefficient (Wildman–Crippen LogP) is 0.158. The summed E-state index contributed by atoms with van der Waals surface area (Å²) in [5, 5.41) is 24.9. The van der Waals surface area contributed by atoms with Gasteiger partial charge in [0.05, 0.1) is 12.2 Å². The lowest BCUT2D eigenvalue weighted by Crippen LogP contribution is -2.59. The highest BCUT2D eigenvalue weighted by molar-refractivity contribution is 5.98. The van der Waals surface area contributed by atoms with Gasteiger partial charge in [-0.1, -0.05) is 42.5 Å². The summed E-state index contributed by atoms with van der Waals surface area (Å²) in [6.07, 6.45) is 2.60. The van der Waals surface area contributed by atoms with Crippen molar-refractivity contribution in [3.05, 3.63) is 96.3 Å². The normalized spacial score (nSPS) is 20.8. The summed E-state index contributed by atoms with van der Waals surface area (Å²) in [4.78, 5) is 66.9. The van der Waals surface area contributed by atoms with Gasteiger partial charge in [0.15, 0.2) is 6.61 Å². The maximum absolute atomic E-state index is 13.7. The van der Waals surface area contributed by atoms with E-state index < -0.39 is 47.3 Å². The summed E-state index contributed by atoms with van der Waals surface area (Å²) in [5.41, 5.74) is 1.12. The molecule has 1 aliphatic carbocycles. The van der Waals surface area contributed by atoms with Crippen LogP contribution < -0.4 is 36.1 Å². The van der Waals surface area contributed by atoms with Gasteiger partial charge in [-0.15, -0.1) is 5.10 Å². The second-order valence-corrected chi connectivity index (χ2v) is 12.7. The number of nitrogens with one attached hydrogen (secondary N) is 5. The SMILES string of the molecule is C[C@@H]1NC(=O)[C@@H](NC(=O)COc2ccc(-n3cnnn3)cc2)Cc2ccc(cc2)OCCNC(=O)C2(CC2)NC(=O)[C@@H](Cc2ccccc2)NC1=O. The van der Waals surface area contributed by atoms with E-state index in [4.69, 9.17) is 9.47 Å². The first kappa shape index (κ1) is 35.5. The molecule has 0 radical (unpaired) electrons. The summed E-state index contributed by atoms with van der Waals surface area (Å²) < 4.78 is 12.9. The number of ether oxygens (including phenoxy) is 2. The molecule has 2 bridgehead atoms. The van der Waals surface area contributed by atoms with Crippen LogP contribution in [0, 0.1) is 0 Å². The average molecular weight is 710 g/mol. The minimum absolute atomic E-state index is 0.0873. The Kier molecular flexibility index (Phi) is 11.0. The van der Waals surface area contributed by atoms with Gasteiger partial charge in [-0.05, 0) is 77.7 Å². The Morgan fingerprint density at radius 1 is 0.942 bits per heavy atom. The molecule has 3 aromatic carbocycles. The predicted molar refractivity (Wildman–Crippen MR) is 185 cm³/mol. The molecule has 16 nitrogen and oxygen atoms in total. The maximum atomic E-state index is 13.7. The van der Waals surface area contributed by atoms with Crippen molar-refractivity contribution < 1.29 is 33.4 Å². The number of hydrogen-bond acceptors (Lipinski definition) is 10. The van der Waals surface area contributed by atoms with E-state index in [9.17, 15) is 24.0 Å². The first-order valence-corrected chi connectivity index (χ1v) is 16.9. The van der Waals surface area contributed by atoms with Crippen LogP contribution in [0.3, 0.4) is 0 Å². The molecule has 52 heavy (non-hydrogen) atoms. The quantitative estimate of drug-likeness (QED) is 0.164. The molecule has 16 heteroatoms. The van der Waals surface area contributed by atoms with Gasteiger partial charge in [0.25, 0.3) is 5.91 Å². The van der Waals surface area contributed by atoms with E-state index in [0.29, 0.717) is 35.6 Å². The van der Waals surface area contributed by atoms with Gasteiger partial charge in [0.2, 0.25) is 23.6 Å². The van der Waals surface area contributed by atoms with Crippen LogP contribution in [0.2, 0.25) is 0 Å². The fourth-order valence-electron chi connectivity index (χ4n) is 5.62. The van der Waals surface area contributed by atoms with Crippen LogP contribution in [0.1, 0.15) is 30.9 Å². The van der Waals surface area contributed by atoms with E-state index in [1.807, 2.05) is 30.3 Å². The molecule has 5 amide bonds. The van der Waals surface area contributed by atoms with E-state index in [2.05, 4.69) is 42.1 Å². The molecule has 1 aromatic heterocycles. The standard InChI is InChI=1S/C36H39N9O7/c1-23-32(47)41-30(19-24-5-3-2-4-6-24)34(49)42-36(15-16-36)35(50)37-17-18-51-27-11-7-25(8-12-27)20-29(33(48)39-23)40-31(46)21-52-28-13-9-26(10-14-28)45-22-38-43-44-45/h2-14,22-23,29-30H,15-21H2,1H3,(H,37,50)(H,39,48)(H,40,46)(H,41,47)(H,42,49)/t23-,29-,30+/m0/s1. The number of rotatable bonds is 7. The molecule has 1 saturated carbocycles. The maximum Gasteiger partial charge on any atom is 0.258 e. The first-order chi connectivity index (χ1) is 25.2. The zero-order chi connectivity index (χ0) is 36.5. The lowest BCUT2D eigenvalue weighted by atomic mass is 10.0. The topological polar surface area (TPSA) is 208 Å². The molecule has 0 unspecified atom stereocenters. The Hall–Kier alpha value is -6.32. The van der Waals surface area contributed by atoms with Crippen molar-refractivity contribution in [2.24, 2.45) is 0 Å². The molecule has 2 aliphatic heterocycles. The number of carbonyl (C=O) groups excluding carboxylic acids is 5. The van der Waals surface area contributed by atoms with Crippen LogP contribution in [-0.4, -0.2) is 93.2 Å². The molecule has 0 saturated heterocycles. The van der Waals surface area contributed by atoms with Crippen molar-refractivity contribution in [2.75, 3.05) is 19.8 Å². The average Bonchev–Trinajstić information content (AvgIpc) is 3.72.